The Balaban J connectivity index is 0.00000256. The van der Waals surface area contributed by atoms with Crippen LogP contribution < -0.4 is 5.73 Å². The minimum absolute atomic E-state index is 0. The molecule has 1 aromatic rings. The molecule has 0 aliphatic heterocycles. The number of halogens is 2. The van der Waals surface area contributed by atoms with Crippen LogP contribution in [-0.4, -0.2) is 11.2 Å². The predicted molar refractivity (Wildman–Crippen MR) is 78.5 cm³/mol. The second kappa shape index (κ2) is 7.37. The summed E-state index contributed by atoms with van der Waals surface area (Å²) in [7, 11) is 0. The number of aryl methyl sites for hydroxylation is 1. The van der Waals surface area contributed by atoms with Crippen molar-refractivity contribution in [3.8, 4) is 0 Å². The topological polar surface area (TPSA) is 46.2 Å². The highest BCUT2D eigenvalue weighted by Crippen LogP contribution is 2.28. The van der Waals surface area contributed by atoms with Crippen molar-refractivity contribution in [3.63, 3.8) is 0 Å². The first-order valence-corrected chi connectivity index (χ1v) is 6.46. The van der Waals surface area contributed by atoms with E-state index < -0.39 is 6.10 Å². The number of aliphatic hydroxyl groups is 1. The van der Waals surface area contributed by atoms with Gasteiger partial charge in [-0.3, -0.25) is 0 Å². The molecule has 3 atom stereocenters. The maximum Gasteiger partial charge on any atom is 0.0758 e. The van der Waals surface area contributed by atoms with E-state index in [9.17, 15) is 5.11 Å². The third kappa shape index (κ3) is 4.25. The van der Waals surface area contributed by atoms with E-state index >= 15 is 0 Å². The van der Waals surface area contributed by atoms with Crippen molar-refractivity contribution < 1.29 is 5.11 Å². The molecule has 0 saturated heterocycles. The van der Waals surface area contributed by atoms with Gasteiger partial charge >= 0.3 is 0 Å². The Morgan fingerprint density at radius 2 is 2.00 bits per heavy atom. The fraction of sp³-hybridized carbons (Fsp3) is 0.538. The zero-order valence-corrected chi connectivity index (χ0v) is 12.9. The smallest absolute Gasteiger partial charge is 0.0758 e. The maximum atomic E-state index is 10.1. The minimum atomic E-state index is -0.496. The molecule has 1 rings (SSSR count). The summed E-state index contributed by atoms with van der Waals surface area (Å²) in [4.78, 5) is 0. The van der Waals surface area contributed by atoms with Gasteiger partial charge in [0, 0.05) is 4.47 Å². The third-order valence-electron chi connectivity index (χ3n) is 3.11. The Labute approximate surface area is 118 Å². The molecule has 98 valence electrons. The minimum Gasteiger partial charge on any atom is -0.391 e. The quantitative estimate of drug-likeness (QED) is 0.890. The number of nitrogens with two attached hydrogens (primary N) is 1. The number of benzene rings is 1. The second-order valence-electron chi connectivity index (χ2n) is 4.43. The molecular weight excluding hydrogens is 302 g/mol. The fourth-order valence-electron chi connectivity index (χ4n) is 1.68. The monoisotopic (exact) mass is 321 g/mol. The van der Waals surface area contributed by atoms with E-state index in [1.165, 1.54) is 5.56 Å². The van der Waals surface area contributed by atoms with Gasteiger partial charge in [-0.15, -0.1) is 12.4 Å². The van der Waals surface area contributed by atoms with Crippen LogP contribution in [0.2, 0.25) is 0 Å². The van der Waals surface area contributed by atoms with Crippen LogP contribution in [0.5, 0.6) is 0 Å². The molecule has 3 N–H and O–H groups in total. The third-order valence-corrected chi connectivity index (χ3v) is 3.80. The number of rotatable bonds is 4. The lowest BCUT2D eigenvalue weighted by atomic mass is 9.91. The molecule has 0 aliphatic rings. The lowest BCUT2D eigenvalue weighted by molar-refractivity contribution is 0.0877. The summed E-state index contributed by atoms with van der Waals surface area (Å²) < 4.78 is 0.974. The van der Waals surface area contributed by atoms with Gasteiger partial charge in [-0.1, -0.05) is 48.3 Å². The molecule has 4 heteroatoms. The van der Waals surface area contributed by atoms with Crippen LogP contribution >= 0.6 is 28.3 Å². The van der Waals surface area contributed by atoms with Gasteiger partial charge in [0.15, 0.2) is 0 Å². The van der Waals surface area contributed by atoms with Crippen LogP contribution in [0.4, 0.5) is 0 Å². The van der Waals surface area contributed by atoms with Crippen LogP contribution in [0.25, 0.3) is 0 Å². The molecule has 2 nitrogen and oxygen atoms in total. The summed E-state index contributed by atoms with van der Waals surface area (Å²) >= 11 is 3.50. The SMILES string of the molecule is CCC(C)[C@@H](O)[C@@H](N)c1ccc(C)cc1Br.Cl. The molecular formula is C13H21BrClNO. The van der Waals surface area contributed by atoms with Gasteiger partial charge in [0.05, 0.1) is 12.1 Å². The lowest BCUT2D eigenvalue weighted by Gasteiger charge is -2.25. The number of aliphatic hydroxyl groups excluding tert-OH is 1. The van der Waals surface area contributed by atoms with E-state index in [2.05, 4.69) is 22.9 Å². The average Bonchev–Trinajstić information content (AvgIpc) is 2.26. The van der Waals surface area contributed by atoms with Crippen molar-refractivity contribution in [2.24, 2.45) is 11.7 Å². The van der Waals surface area contributed by atoms with Crippen LogP contribution in [0, 0.1) is 12.8 Å². The van der Waals surface area contributed by atoms with Crippen molar-refractivity contribution in [1.82, 2.24) is 0 Å². The highest BCUT2D eigenvalue weighted by molar-refractivity contribution is 9.10. The van der Waals surface area contributed by atoms with Crippen molar-refractivity contribution in [1.29, 1.82) is 0 Å². The van der Waals surface area contributed by atoms with E-state index in [0.717, 1.165) is 16.5 Å². The summed E-state index contributed by atoms with van der Waals surface area (Å²) in [6, 6.07) is 5.70. The van der Waals surface area contributed by atoms with E-state index in [4.69, 9.17) is 5.73 Å². The first kappa shape index (κ1) is 16.9. The van der Waals surface area contributed by atoms with Crippen LogP contribution in [0.1, 0.15) is 37.4 Å². The summed E-state index contributed by atoms with van der Waals surface area (Å²) in [5.41, 5.74) is 8.24. The highest BCUT2D eigenvalue weighted by Gasteiger charge is 2.23. The average molecular weight is 323 g/mol. The lowest BCUT2D eigenvalue weighted by Crippen LogP contribution is -2.31. The summed E-state index contributed by atoms with van der Waals surface area (Å²) in [6.07, 6.45) is 0.433. The normalized spacial score (nSPS) is 15.9. The Hall–Kier alpha value is -0.0900. The van der Waals surface area contributed by atoms with Crippen LogP contribution in [-0.2, 0) is 0 Å². The van der Waals surface area contributed by atoms with Crippen LogP contribution in [0.15, 0.2) is 22.7 Å². The Bertz CT molecular complexity index is 359. The predicted octanol–water partition coefficient (Wildman–Crippen LogP) is 3.59. The number of hydrogen-bond acceptors (Lipinski definition) is 2. The molecule has 17 heavy (non-hydrogen) atoms. The van der Waals surface area contributed by atoms with Crippen molar-refractivity contribution in [2.45, 2.75) is 39.3 Å². The van der Waals surface area contributed by atoms with Crippen molar-refractivity contribution in [2.75, 3.05) is 0 Å². The molecule has 0 radical (unpaired) electrons. The molecule has 0 saturated carbocycles. The van der Waals surface area contributed by atoms with E-state index in [1.54, 1.807) is 0 Å². The highest BCUT2D eigenvalue weighted by atomic mass is 79.9. The first-order valence-electron chi connectivity index (χ1n) is 5.67. The molecule has 1 aromatic carbocycles. The largest absolute Gasteiger partial charge is 0.391 e. The summed E-state index contributed by atoms with van der Waals surface area (Å²) in [6.45, 7) is 6.11. The standard InChI is InChI=1S/C13H20BrNO.ClH/c1-4-9(3)13(16)12(15)10-6-5-8(2)7-11(10)14;/h5-7,9,12-13,16H,4,15H2,1-3H3;1H/t9?,12-,13+;/m0./s1. The Morgan fingerprint density at radius 3 is 2.47 bits per heavy atom. The Morgan fingerprint density at radius 1 is 1.41 bits per heavy atom. The zero-order valence-electron chi connectivity index (χ0n) is 10.5. The second-order valence-corrected chi connectivity index (χ2v) is 5.28. The van der Waals surface area contributed by atoms with Gasteiger partial charge in [-0.2, -0.15) is 0 Å². The summed E-state index contributed by atoms with van der Waals surface area (Å²) in [5.74, 6) is 0.211. The molecule has 0 heterocycles. The van der Waals surface area contributed by atoms with Gasteiger partial charge in [0.25, 0.3) is 0 Å². The number of hydrogen-bond donors (Lipinski definition) is 2. The van der Waals surface area contributed by atoms with Gasteiger partial charge in [-0.05, 0) is 30.0 Å². The molecule has 0 amide bonds. The van der Waals surface area contributed by atoms with Crippen LogP contribution in [0.3, 0.4) is 0 Å². The van der Waals surface area contributed by atoms with Gasteiger partial charge in [0.2, 0.25) is 0 Å². The summed E-state index contributed by atoms with van der Waals surface area (Å²) in [5, 5.41) is 10.1. The van der Waals surface area contributed by atoms with Gasteiger partial charge < -0.3 is 10.8 Å². The van der Waals surface area contributed by atoms with Crippen molar-refractivity contribution >= 4 is 28.3 Å². The molecule has 0 fully saturated rings. The zero-order chi connectivity index (χ0) is 12.3. The van der Waals surface area contributed by atoms with E-state index in [0.29, 0.717) is 0 Å². The maximum absolute atomic E-state index is 10.1. The molecule has 0 aliphatic carbocycles. The van der Waals surface area contributed by atoms with Gasteiger partial charge in [0.1, 0.15) is 0 Å². The van der Waals surface area contributed by atoms with E-state index in [1.807, 2.05) is 32.0 Å². The first-order chi connectivity index (χ1) is 7.47. The Kier molecular flexibility index (Phi) is 7.33. The molecule has 0 spiro atoms. The molecule has 0 bridgehead atoms. The fourth-order valence-corrected chi connectivity index (χ4v) is 2.44. The van der Waals surface area contributed by atoms with Crippen molar-refractivity contribution in [3.05, 3.63) is 33.8 Å². The van der Waals surface area contributed by atoms with E-state index in [-0.39, 0.29) is 24.4 Å². The van der Waals surface area contributed by atoms with Gasteiger partial charge in [-0.25, -0.2) is 0 Å². The molecule has 1 unspecified atom stereocenters. The molecule has 0 aromatic heterocycles.